The van der Waals surface area contributed by atoms with Crippen molar-refractivity contribution >= 4 is 18.0 Å². The zero-order valence-electron chi connectivity index (χ0n) is 15.5. The number of carboxylic acids is 2. The molecule has 0 aliphatic carbocycles. The van der Waals surface area contributed by atoms with Gasteiger partial charge in [-0.3, -0.25) is 14.5 Å². The summed E-state index contributed by atoms with van der Waals surface area (Å²) in [6.07, 6.45) is 0.241. The number of carbonyl (C=O) groups is 3. The van der Waals surface area contributed by atoms with Gasteiger partial charge in [0.05, 0.1) is 13.1 Å². The molecule has 1 aliphatic rings. The molecule has 0 spiro atoms. The molecule has 1 atom stereocenters. The number of rotatable bonds is 9. The van der Waals surface area contributed by atoms with Crippen molar-refractivity contribution in [1.82, 2.24) is 15.1 Å². The molecular formula is C18H26N4O6. The Bertz CT molecular complexity index is 673. The Hall–Kier alpha value is -2.85. The van der Waals surface area contributed by atoms with Crippen LogP contribution in [0.15, 0.2) is 24.3 Å². The van der Waals surface area contributed by atoms with Crippen LogP contribution in [0.3, 0.4) is 0 Å². The van der Waals surface area contributed by atoms with Crippen LogP contribution < -0.4 is 15.8 Å². The average Bonchev–Trinajstić information content (AvgIpc) is 2.66. The van der Waals surface area contributed by atoms with Crippen LogP contribution in [-0.4, -0.2) is 89.9 Å². The molecule has 154 valence electrons. The summed E-state index contributed by atoms with van der Waals surface area (Å²) in [5.74, 6) is -1.30. The second kappa shape index (κ2) is 10.5. The van der Waals surface area contributed by atoms with Crippen LogP contribution in [0.2, 0.25) is 0 Å². The van der Waals surface area contributed by atoms with Gasteiger partial charge in [0.1, 0.15) is 18.4 Å². The Morgan fingerprint density at radius 2 is 1.75 bits per heavy atom. The van der Waals surface area contributed by atoms with Crippen LogP contribution >= 0.6 is 0 Å². The normalized spacial score (nSPS) is 15.7. The number of aliphatic carboxylic acids is 2. The van der Waals surface area contributed by atoms with Crippen LogP contribution in [-0.2, 0) is 16.0 Å². The Morgan fingerprint density at radius 1 is 1.11 bits per heavy atom. The largest absolute Gasteiger partial charge is 0.492 e. The van der Waals surface area contributed by atoms with E-state index in [1.165, 1.54) is 0 Å². The summed E-state index contributed by atoms with van der Waals surface area (Å²) in [5, 5.41) is 20.4. The number of ether oxygens (including phenoxy) is 1. The van der Waals surface area contributed by atoms with E-state index in [0.717, 1.165) is 5.56 Å². The molecule has 0 saturated carbocycles. The standard InChI is InChI=1S/C18H26N4O6/c19-15(17(25)26)11-13-1-3-14(4-2-13)28-10-5-20-18(27)22-8-6-21(7-9-22)12-16(23)24/h1-4,15H,5-12,19H2,(H,20,27)(H,23,24)(H,25,26)/t15-/m0/s1. The van der Waals surface area contributed by atoms with Gasteiger partial charge in [-0.25, -0.2) is 4.79 Å². The highest BCUT2D eigenvalue weighted by molar-refractivity contribution is 5.74. The van der Waals surface area contributed by atoms with Gasteiger partial charge in [0.2, 0.25) is 0 Å². The zero-order chi connectivity index (χ0) is 20.5. The van der Waals surface area contributed by atoms with Crippen LogP contribution in [0, 0.1) is 0 Å². The number of nitrogens with one attached hydrogen (secondary N) is 1. The molecule has 0 bridgehead atoms. The molecule has 0 radical (unpaired) electrons. The van der Waals surface area contributed by atoms with Gasteiger partial charge in [0.15, 0.2) is 0 Å². The van der Waals surface area contributed by atoms with Crippen molar-refractivity contribution in [3.8, 4) is 5.75 Å². The van der Waals surface area contributed by atoms with Gasteiger partial charge >= 0.3 is 18.0 Å². The molecule has 2 amide bonds. The Balaban J connectivity index is 1.64. The lowest BCUT2D eigenvalue weighted by molar-refractivity contribution is -0.139. The smallest absolute Gasteiger partial charge is 0.320 e. The van der Waals surface area contributed by atoms with Gasteiger partial charge < -0.3 is 30.9 Å². The first-order valence-electron chi connectivity index (χ1n) is 9.02. The van der Waals surface area contributed by atoms with E-state index < -0.39 is 18.0 Å². The maximum atomic E-state index is 12.1. The van der Waals surface area contributed by atoms with Crippen molar-refractivity contribution in [2.24, 2.45) is 5.73 Å². The number of benzene rings is 1. The minimum atomic E-state index is -1.04. The first-order valence-corrected chi connectivity index (χ1v) is 9.02. The molecule has 5 N–H and O–H groups in total. The summed E-state index contributed by atoms with van der Waals surface area (Å²) >= 11 is 0. The van der Waals surface area contributed by atoms with Crippen molar-refractivity contribution in [3.63, 3.8) is 0 Å². The fraction of sp³-hybridized carbons (Fsp3) is 0.500. The van der Waals surface area contributed by atoms with E-state index in [2.05, 4.69) is 5.32 Å². The van der Waals surface area contributed by atoms with E-state index in [0.29, 0.717) is 45.1 Å². The van der Waals surface area contributed by atoms with Crippen molar-refractivity contribution in [2.75, 3.05) is 45.9 Å². The third-order valence-corrected chi connectivity index (χ3v) is 4.36. The van der Waals surface area contributed by atoms with Crippen molar-refractivity contribution < 1.29 is 29.3 Å². The maximum absolute atomic E-state index is 12.1. The summed E-state index contributed by atoms with van der Waals surface area (Å²) < 4.78 is 5.56. The topological polar surface area (TPSA) is 145 Å². The molecule has 1 saturated heterocycles. The zero-order valence-corrected chi connectivity index (χ0v) is 15.5. The van der Waals surface area contributed by atoms with E-state index in [1.54, 1.807) is 34.1 Å². The van der Waals surface area contributed by atoms with E-state index in [1.807, 2.05) is 0 Å². The number of amides is 2. The third-order valence-electron chi connectivity index (χ3n) is 4.36. The number of nitrogens with two attached hydrogens (primary N) is 1. The Morgan fingerprint density at radius 3 is 2.32 bits per heavy atom. The number of nitrogens with zero attached hydrogens (tertiary/aromatic N) is 2. The van der Waals surface area contributed by atoms with Crippen molar-refractivity contribution in [1.29, 1.82) is 0 Å². The van der Waals surface area contributed by atoms with Gasteiger partial charge in [0, 0.05) is 26.2 Å². The van der Waals surface area contributed by atoms with E-state index in [9.17, 15) is 14.4 Å². The highest BCUT2D eigenvalue weighted by Crippen LogP contribution is 2.13. The Kier molecular flexibility index (Phi) is 8.02. The second-order valence-electron chi connectivity index (χ2n) is 6.53. The van der Waals surface area contributed by atoms with E-state index in [-0.39, 0.29) is 19.0 Å². The number of piperazine rings is 1. The summed E-state index contributed by atoms with van der Waals surface area (Å²) in [6.45, 7) is 2.66. The number of hydrogen-bond donors (Lipinski definition) is 4. The van der Waals surface area contributed by atoms with Crippen LogP contribution in [0.25, 0.3) is 0 Å². The predicted molar refractivity (Wildman–Crippen MR) is 100 cm³/mol. The fourth-order valence-electron chi connectivity index (χ4n) is 2.80. The van der Waals surface area contributed by atoms with Crippen LogP contribution in [0.5, 0.6) is 5.75 Å². The predicted octanol–water partition coefficient (Wildman–Crippen LogP) is -0.568. The van der Waals surface area contributed by atoms with Crippen LogP contribution in [0.4, 0.5) is 4.79 Å². The lowest BCUT2D eigenvalue weighted by atomic mass is 10.1. The average molecular weight is 394 g/mol. The SMILES string of the molecule is N[C@@H](Cc1ccc(OCCNC(=O)N2CCN(CC(=O)O)CC2)cc1)C(=O)O. The van der Waals surface area contributed by atoms with Gasteiger partial charge in [-0.05, 0) is 24.1 Å². The molecule has 0 unspecified atom stereocenters. The molecule has 1 aromatic carbocycles. The monoisotopic (exact) mass is 394 g/mol. The molecule has 1 aliphatic heterocycles. The van der Waals surface area contributed by atoms with Crippen molar-refractivity contribution in [3.05, 3.63) is 29.8 Å². The van der Waals surface area contributed by atoms with Gasteiger partial charge in [-0.2, -0.15) is 0 Å². The molecule has 1 heterocycles. The van der Waals surface area contributed by atoms with Crippen LogP contribution in [0.1, 0.15) is 5.56 Å². The molecule has 1 aromatic rings. The first-order chi connectivity index (χ1) is 13.3. The number of carboxylic acid groups (broad SMARTS) is 2. The quantitative estimate of drug-likeness (QED) is 0.408. The van der Waals surface area contributed by atoms with Crippen molar-refractivity contribution in [2.45, 2.75) is 12.5 Å². The first kappa shape index (κ1) is 21.5. The molecule has 0 aromatic heterocycles. The fourth-order valence-corrected chi connectivity index (χ4v) is 2.80. The second-order valence-corrected chi connectivity index (χ2v) is 6.53. The van der Waals surface area contributed by atoms with E-state index >= 15 is 0 Å². The Labute approximate surface area is 162 Å². The molecule has 28 heavy (non-hydrogen) atoms. The number of carbonyl (C=O) groups excluding carboxylic acids is 1. The van der Waals surface area contributed by atoms with Gasteiger partial charge in [-0.15, -0.1) is 0 Å². The number of hydrogen-bond acceptors (Lipinski definition) is 6. The van der Waals surface area contributed by atoms with Gasteiger partial charge in [0.25, 0.3) is 0 Å². The summed E-state index contributed by atoms with van der Waals surface area (Å²) in [5.41, 5.74) is 6.30. The molecule has 1 fully saturated rings. The lowest BCUT2D eigenvalue weighted by Gasteiger charge is -2.33. The van der Waals surface area contributed by atoms with E-state index in [4.69, 9.17) is 20.7 Å². The highest BCUT2D eigenvalue weighted by Gasteiger charge is 2.21. The minimum Gasteiger partial charge on any atom is -0.492 e. The highest BCUT2D eigenvalue weighted by atomic mass is 16.5. The summed E-state index contributed by atoms with van der Waals surface area (Å²) in [7, 11) is 0. The molecule has 2 rings (SSSR count). The third kappa shape index (κ3) is 7.05. The molecule has 10 heteroatoms. The molecule has 10 nitrogen and oxygen atoms in total. The number of urea groups is 1. The summed E-state index contributed by atoms with van der Waals surface area (Å²) in [4.78, 5) is 37.0. The lowest BCUT2D eigenvalue weighted by Crippen LogP contribution is -2.53. The minimum absolute atomic E-state index is 0.00959. The maximum Gasteiger partial charge on any atom is 0.320 e. The summed E-state index contributed by atoms with van der Waals surface area (Å²) in [6, 6.07) is 5.84. The van der Waals surface area contributed by atoms with Gasteiger partial charge in [-0.1, -0.05) is 12.1 Å². The molecular weight excluding hydrogens is 368 g/mol.